The lowest BCUT2D eigenvalue weighted by Crippen LogP contribution is -2.55. The van der Waals surface area contributed by atoms with Crippen molar-refractivity contribution in [3.8, 4) is 5.82 Å². The van der Waals surface area contributed by atoms with Crippen LogP contribution in [-0.4, -0.2) is 37.9 Å². The zero-order valence-electron chi connectivity index (χ0n) is 14.8. The molecule has 4 unspecified atom stereocenters. The lowest BCUT2D eigenvalue weighted by atomic mass is 9.74. The van der Waals surface area contributed by atoms with E-state index in [1.165, 1.54) is 0 Å². The van der Waals surface area contributed by atoms with Gasteiger partial charge in [-0.15, -0.1) is 11.6 Å². The van der Waals surface area contributed by atoms with Crippen molar-refractivity contribution < 1.29 is 4.79 Å². The standard InChI is InChI=1S/C19H24ClN5O/c1-12(15-11-13-10-14(20)4-5-16(13)23-18(15)26)22-19-21-7-6-17(24-19)25-8-2-3-9-25/h2-3,6-9,12-16H,4-5,10-11H2,1H3,(H,23,26)(H,21,22,24)/t12-,13?,14?,15?,16?/m0/s1. The molecule has 138 valence electrons. The van der Waals surface area contributed by atoms with E-state index >= 15 is 0 Å². The highest BCUT2D eigenvalue weighted by Gasteiger charge is 2.41. The highest BCUT2D eigenvalue weighted by atomic mass is 35.5. The van der Waals surface area contributed by atoms with Gasteiger partial charge in [0.2, 0.25) is 11.9 Å². The van der Waals surface area contributed by atoms with Crippen molar-refractivity contribution >= 4 is 23.5 Å². The molecule has 2 aliphatic rings. The topological polar surface area (TPSA) is 71.8 Å². The molecule has 1 aliphatic carbocycles. The summed E-state index contributed by atoms with van der Waals surface area (Å²) in [6.07, 6.45) is 9.43. The lowest BCUT2D eigenvalue weighted by molar-refractivity contribution is -0.130. The Morgan fingerprint density at radius 3 is 2.92 bits per heavy atom. The molecule has 4 rings (SSSR count). The Hall–Kier alpha value is -2.08. The fraction of sp³-hybridized carbons (Fsp3) is 0.526. The number of hydrogen-bond acceptors (Lipinski definition) is 4. The van der Waals surface area contributed by atoms with Gasteiger partial charge in [-0.05, 0) is 56.7 Å². The first-order valence-electron chi connectivity index (χ1n) is 9.27. The molecule has 3 heterocycles. The average Bonchev–Trinajstić information content (AvgIpc) is 3.16. The first kappa shape index (κ1) is 17.3. The van der Waals surface area contributed by atoms with Crippen LogP contribution in [0.15, 0.2) is 36.8 Å². The largest absolute Gasteiger partial charge is 0.353 e. The molecule has 5 atom stereocenters. The number of rotatable bonds is 4. The molecule has 2 N–H and O–H groups in total. The van der Waals surface area contributed by atoms with Gasteiger partial charge in [-0.1, -0.05) is 0 Å². The molecule has 0 aromatic carbocycles. The molecule has 2 aromatic rings. The summed E-state index contributed by atoms with van der Waals surface area (Å²) in [5.41, 5.74) is 0. The minimum Gasteiger partial charge on any atom is -0.353 e. The second-order valence-corrected chi connectivity index (χ2v) is 8.01. The summed E-state index contributed by atoms with van der Waals surface area (Å²) in [5, 5.41) is 6.76. The zero-order valence-corrected chi connectivity index (χ0v) is 15.6. The van der Waals surface area contributed by atoms with Gasteiger partial charge < -0.3 is 15.2 Å². The minimum absolute atomic E-state index is 0.0495. The third-order valence-corrected chi connectivity index (χ3v) is 6.01. The van der Waals surface area contributed by atoms with E-state index in [2.05, 4.69) is 20.6 Å². The van der Waals surface area contributed by atoms with Gasteiger partial charge >= 0.3 is 0 Å². The zero-order chi connectivity index (χ0) is 18.1. The van der Waals surface area contributed by atoms with Gasteiger partial charge in [0.1, 0.15) is 5.82 Å². The predicted octanol–water partition coefficient (Wildman–Crippen LogP) is 2.98. The van der Waals surface area contributed by atoms with Crippen LogP contribution in [0.4, 0.5) is 5.95 Å². The summed E-state index contributed by atoms with van der Waals surface area (Å²) >= 11 is 6.35. The third kappa shape index (κ3) is 3.56. The Bertz CT molecular complexity index is 765. The first-order chi connectivity index (χ1) is 12.6. The smallest absolute Gasteiger partial charge is 0.225 e. The van der Waals surface area contributed by atoms with Crippen LogP contribution in [0, 0.1) is 11.8 Å². The van der Waals surface area contributed by atoms with Crippen molar-refractivity contribution in [2.45, 2.75) is 50.1 Å². The molecule has 1 saturated heterocycles. The van der Waals surface area contributed by atoms with E-state index in [1.54, 1.807) is 6.20 Å². The molecule has 2 aromatic heterocycles. The summed E-state index contributed by atoms with van der Waals surface area (Å²) in [7, 11) is 0. The normalized spacial score (nSPS) is 29.5. The fourth-order valence-electron chi connectivity index (χ4n) is 4.17. The van der Waals surface area contributed by atoms with E-state index in [0.717, 1.165) is 31.5 Å². The predicted molar refractivity (Wildman–Crippen MR) is 101 cm³/mol. The molecule has 6 nitrogen and oxygen atoms in total. The summed E-state index contributed by atoms with van der Waals surface area (Å²) < 4.78 is 1.93. The summed E-state index contributed by atoms with van der Waals surface area (Å²) in [6.45, 7) is 2.03. The second kappa shape index (κ2) is 7.27. The first-order valence-corrected chi connectivity index (χ1v) is 9.71. The summed E-state index contributed by atoms with van der Waals surface area (Å²) in [4.78, 5) is 21.5. The molecule has 1 amide bonds. The number of carbonyl (C=O) groups excluding carboxylic acids is 1. The second-order valence-electron chi connectivity index (χ2n) is 7.39. The molecule has 0 bridgehead atoms. The number of carbonyl (C=O) groups is 1. The van der Waals surface area contributed by atoms with Gasteiger partial charge in [0.15, 0.2) is 0 Å². The number of fused-ring (bicyclic) bond motifs is 1. The van der Waals surface area contributed by atoms with Crippen LogP contribution in [0.25, 0.3) is 5.82 Å². The fourth-order valence-corrected chi connectivity index (χ4v) is 4.52. The van der Waals surface area contributed by atoms with Gasteiger partial charge in [-0.2, -0.15) is 4.98 Å². The van der Waals surface area contributed by atoms with Crippen molar-refractivity contribution in [3.05, 3.63) is 36.8 Å². The van der Waals surface area contributed by atoms with Gasteiger partial charge in [-0.25, -0.2) is 4.98 Å². The number of nitrogens with zero attached hydrogens (tertiary/aromatic N) is 3. The van der Waals surface area contributed by atoms with Crippen LogP contribution in [-0.2, 0) is 4.79 Å². The van der Waals surface area contributed by atoms with E-state index < -0.39 is 0 Å². The molecule has 1 aliphatic heterocycles. The molecule has 0 spiro atoms. The van der Waals surface area contributed by atoms with Crippen molar-refractivity contribution in [2.24, 2.45) is 11.8 Å². The van der Waals surface area contributed by atoms with Crippen LogP contribution in [0.3, 0.4) is 0 Å². The number of alkyl halides is 1. The molecule has 7 heteroatoms. The van der Waals surface area contributed by atoms with Gasteiger partial charge in [0.25, 0.3) is 0 Å². The number of anilines is 1. The molecular weight excluding hydrogens is 350 g/mol. The number of hydrogen-bond donors (Lipinski definition) is 2. The lowest BCUT2D eigenvalue weighted by Gasteiger charge is -2.42. The van der Waals surface area contributed by atoms with Crippen molar-refractivity contribution in [3.63, 3.8) is 0 Å². The monoisotopic (exact) mass is 373 g/mol. The highest BCUT2D eigenvalue weighted by molar-refractivity contribution is 6.20. The van der Waals surface area contributed by atoms with Gasteiger partial charge in [0, 0.05) is 36.1 Å². The number of piperidine rings is 1. The molecule has 2 fully saturated rings. The van der Waals surface area contributed by atoms with Crippen LogP contribution >= 0.6 is 11.6 Å². The molecule has 0 radical (unpaired) electrons. The van der Waals surface area contributed by atoms with E-state index in [0.29, 0.717) is 11.9 Å². The van der Waals surface area contributed by atoms with E-state index in [1.807, 2.05) is 42.1 Å². The Kier molecular flexibility index (Phi) is 4.85. The maximum absolute atomic E-state index is 12.6. The van der Waals surface area contributed by atoms with Crippen LogP contribution < -0.4 is 10.6 Å². The third-order valence-electron chi connectivity index (χ3n) is 5.61. The van der Waals surface area contributed by atoms with E-state index in [-0.39, 0.29) is 29.3 Å². The number of nitrogens with one attached hydrogen (secondary N) is 2. The molecule has 1 saturated carbocycles. The number of amides is 1. The van der Waals surface area contributed by atoms with Gasteiger partial charge in [-0.3, -0.25) is 4.79 Å². The summed E-state index contributed by atoms with van der Waals surface area (Å²) in [6, 6.07) is 6.00. The van der Waals surface area contributed by atoms with E-state index in [9.17, 15) is 4.79 Å². The molecule has 26 heavy (non-hydrogen) atoms. The molecular formula is C19H24ClN5O. The number of halogens is 1. The van der Waals surface area contributed by atoms with Gasteiger partial charge in [0.05, 0.1) is 5.92 Å². The highest BCUT2D eigenvalue weighted by Crippen LogP contribution is 2.36. The Morgan fingerprint density at radius 1 is 1.31 bits per heavy atom. The maximum Gasteiger partial charge on any atom is 0.225 e. The Labute approximate surface area is 158 Å². The van der Waals surface area contributed by atoms with Crippen molar-refractivity contribution in [1.29, 1.82) is 0 Å². The van der Waals surface area contributed by atoms with Crippen LogP contribution in [0.1, 0.15) is 32.6 Å². The number of aromatic nitrogens is 3. The SMILES string of the molecule is C[C@H](Nc1nccc(-n2cccc2)n1)C1CC2CC(Cl)CCC2NC1=O. The average molecular weight is 374 g/mol. The summed E-state index contributed by atoms with van der Waals surface area (Å²) in [5.74, 6) is 1.82. The minimum atomic E-state index is -0.1000. The quantitative estimate of drug-likeness (QED) is 0.808. The Morgan fingerprint density at radius 2 is 2.12 bits per heavy atom. The maximum atomic E-state index is 12.6. The van der Waals surface area contributed by atoms with Crippen molar-refractivity contribution in [1.82, 2.24) is 19.9 Å². The van der Waals surface area contributed by atoms with Crippen molar-refractivity contribution in [2.75, 3.05) is 5.32 Å². The van der Waals surface area contributed by atoms with E-state index in [4.69, 9.17) is 11.6 Å². The van der Waals surface area contributed by atoms with Crippen LogP contribution in [0.5, 0.6) is 0 Å². The Balaban J connectivity index is 1.45. The van der Waals surface area contributed by atoms with Crippen LogP contribution in [0.2, 0.25) is 0 Å².